The lowest BCUT2D eigenvalue weighted by Gasteiger charge is -2.37. The van der Waals surface area contributed by atoms with E-state index in [0.717, 1.165) is 31.2 Å². The van der Waals surface area contributed by atoms with E-state index in [-0.39, 0.29) is 6.10 Å². The molecule has 2 aliphatic rings. The molecule has 3 heterocycles. The van der Waals surface area contributed by atoms with Gasteiger partial charge in [-0.25, -0.2) is 0 Å². The van der Waals surface area contributed by atoms with Gasteiger partial charge in [-0.2, -0.15) is 5.10 Å². The van der Waals surface area contributed by atoms with Crippen molar-refractivity contribution in [1.29, 1.82) is 0 Å². The van der Waals surface area contributed by atoms with Crippen molar-refractivity contribution in [2.24, 2.45) is 11.8 Å². The molecule has 4 atom stereocenters. The van der Waals surface area contributed by atoms with Crippen molar-refractivity contribution >= 4 is 0 Å². The summed E-state index contributed by atoms with van der Waals surface area (Å²) in [7, 11) is 1.85. The summed E-state index contributed by atoms with van der Waals surface area (Å²) in [6, 6.07) is 4.61. The van der Waals surface area contributed by atoms with E-state index >= 15 is 0 Å². The van der Waals surface area contributed by atoms with E-state index in [1.54, 1.807) is 0 Å². The Hall–Kier alpha value is -1.72. The quantitative estimate of drug-likeness (QED) is 0.866. The highest BCUT2D eigenvalue weighted by molar-refractivity contribution is 5.10. The summed E-state index contributed by atoms with van der Waals surface area (Å²) >= 11 is 0. The molecule has 0 radical (unpaired) electrons. The van der Waals surface area contributed by atoms with Crippen LogP contribution in [-0.4, -0.2) is 46.0 Å². The van der Waals surface area contributed by atoms with Gasteiger partial charge in [-0.3, -0.25) is 14.6 Å². The zero-order valence-corrected chi connectivity index (χ0v) is 14.5. The van der Waals surface area contributed by atoms with E-state index in [0.29, 0.717) is 6.04 Å². The molecule has 0 bridgehead atoms. The predicted molar refractivity (Wildman–Crippen MR) is 92.5 cm³/mol. The van der Waals surface area contributed by atoms with Crippen LogP contribution in [0.5, 0.6) is 0 Å². The number of rotatable bonds is 4. The maximum atomic E-state index is 5.84. The number of hydrogen-bond donors (Lipinski definition) is 0. The topological polar surface area (TPSA) is 43.2 Å². The number of methoxy groups -OCH3 is 1. The van der Waals surface area contributed by atoms with E-state index in [2.05, 4.69) is 44.9 Å². The van der Waals surface area contributed by atoms with Gasteiger partial charge in [0.25, 0.3) is 0 Å². The standard InChI is InChI=1S/C19H26N4O/c1-14-9-21-23(10-14)18-7-16-12-22(11-15-3-5-20-6-4-15)13-17(16)8-19(18)24-2/h3-6,9-10,16-19H,7-8,11-13H2,1-2H3/t16-,17+,18-,19-/m0/s1. The minimum absolute atomic E-state index is 0.270. The van der Waals surface area contributed by atoms with Gasteiger partial charge in [-0.1, -0.05) is 0 Å². The molecule has 24 heavy (non-hydrogen) atoms. The summed E-state index contributed by atoms with van der Waals surface area (Å²) in [5.74, 6) is 1.48. The molecular formula is C19H26N4O. The van der Waals surface area contributed by atoms with Crippen LogP contribution < -0.4 is 0 Å². The number of aromatic nitrogens is 3. The lowest BCUT2D eigenvalue weighted by molar-refractivity contribution is -0.00488. The maximum absolute atomic E-state index is 5.84. The van der Waals surface area contributed by atoms with Crippen molar-refractivity contribution in [3.05, 3.63) is 48.0 Å². The summed E-state index contributed by atoms with van der Waals surface area (Å²) in [6.07, 6.45) is 10.4. The first-order valence-electron chi connectivity index (χ1n) is 8.87. The highest BCUT2D eigenvalue weighted by Crippen LogP contribution is 2.42. The molecule has 1 aliphatic carbocycles. The van der Waals surface area contributed by atoms with E-state index in [1.165, 1.54) is 24.2 Å². The summed E-state index contributed by atoms with van der Waals surface area (Å²) in [5, 5.41) is 4.55. The molecule has 2 fully saturated rings. The highest BCUT2D eigenvalue weighted by Gasteiger charge is 2.43. The number of fused-ring (bicyclic) bond motifs is 1. The first-order chi connectivity index (χ1) is 11.7. The molecule has 128 valence electrons. The van der Waals surface area contributed by atoms with Crippen LogP contribution in [0.1, 0.15) is 30.0 Å². The molecule has 0 amide bonds. The van der Waals surface area contributed by atoms with Crippen LogP contribution in [-0.2, 0) is 11.3 Å². The Balaban J connectivity index is 1.46. The van der Waals surface area contributed by atoms with Crippen molar-refractivity contribution in [3.8, 4) is 0 Å². The van der Waals surface area contributed by atoms with Crippen molar-refractivity contribution in [2.45, 2.75) is 38.5 Å². The Morgan fingerprint density at radius 3 is 2.58 bits per heavy atom. The lowest BCUT2D eigenvalue weighted by Crippen LogP contribution is -2.37. The minimum Gasteiger partial charge on any atom is -0.379 e. The van der Waals surface area contributed by atoms with Gasteiger partial charge in [-0.05, 0) is 54.9 Å². The monoisotopic (exact) mass is 326 g/mol. The molecule has 0 unspecified atom stereocenters. The normalized spacial score (nSPS) is 30.4. The molecule has 1 aliphatic heterocycles. The smallest absolute Gasteiger partial charge is 0.0798 e. The van der Waals surface area contributed by atoms with Crippen molar-refractivity contribution in [3.63, 3.8) is 0 Å². The Bertz CT molecular complexity index is 671. The molecule has 4 rings (SSSR count). The molecule has 5 heteroatoms. The number of nitrogens with zero attached hydrogens (tertiary/aromatic N) is 4. The fourth-order valence-electron chi connectivity index (χ4n) is 4.51. The first-order valence-corrected chi connectivity index (χ1v) is 8.87. The van der Waals surface area contributed by atoms with Gasteiger partial charge in [0, 0.05) is 45.3 Å². The van der Waals surface area contributed by atoms with Gasteiger partial charge in [0.15, 0.2) is 0 Å². The second kappa shape index (κ2) is 6.65. The fraction of sp³-hybridized carbons (Fsp3) is 0.579. The Kier molecular flexibility index (Phi) is 4.37. The van der Waals surface area contributed by atoms with Gasteiger partial charge in [0.2, 0.25) is 0 Å². The lowest BCUT2D eigenvalue weighted by atomic mass is 9.77. The molecule has 5 nitrogen and oxygen atoms in total. The molecule has 2 aromatic heterocycles. The largest absolute Gasteiger partial charge is 0.379 e. The second-order valence-electron chi connectivity index (χ2n) is 7.38. The van der Waals surface area contributed by atoms with Crippen LogP contribution >= 0.6 is 0 Å². The average Bonchev–Trinajstić information content (AvgIpc) is 3.19. The summed E-state index contributed by atoms with van der Waals surface area (Å²) in [5.41, 5.74) is 2.57. The number of likely N-dealkylation sites (tertiary alicyclic amines) is 1. The molecule has 0 aromatic carbocycles. The number of hydrogen-bond acceptors (Lipinski definition) is 4. The Morgan fingerprint density at radius 1 is 1.17 bits per heavy atom. The number of ether oxygens (including phenoxy) is 1. The number of aryl methyl sites for hydroxylation is 1. The van der Waals surface area contributed by atoms with Crippen LogP contribution in [0.15, 0.2) is 36.9 Å². The summed E-state index contributed by atoms with van der Waals surface area (Å²) < 4.78 is 7.97. The Morgan fingerprint density at radius 2 is 1.92 bits per heavy atom. The number of pyridine rings is 1. The zero-order chi connectivity index (χ0) is 16.5. The summed E-state index contributed by atoms with van der Waals surface area (Å²) in [4.78, 5) is 6.71. The van der Waals surface area contributed by atoms with Crippen molar-refractivity contribution < 1.29 is 4.74 Å². The van der Waals surface area contributed by atoms with E-state index < -0.39 is 0 Å². The summed E-state index contributed by atoms with van der Waals surface area (Å²) in [6.45, 7) is 5.49. The molecule has 2 aromatic rings. The third-order valence-corrected chi connectivity index (χ3v) is 5.69. The third-order valence-electron chi connectivity index (χ3n) is 5.69. The zero-order valence-electron chi connectivity index (χ0n) is 14.5. The van der Waals surface area contributed by atoms with E-state index in [4.69, 9.17) is 4.74 Å². The van der Waals surface area contributed by atoms with Gasteiger partial charge in [0.1, 0.15) is 0 Å². The third kappa shape index (κ3) is 3.10. The van der Waals surface area contributed by atoms with Gasteiger partial charge >= 0.3 is 0 Å². The first kappa shape index (κ1) is 15.8. The van der Waals surface area contributed by atoms with Gasteiger partial charge in [-0.15, -0.1) is 0 Å². The maximum Gasteiger partial charge on any atom is 0.0798 e. The fourth-order valence-corrected chi connectivity index (χ4v) is 4.51. The average molecular weight is 326 g/mol. The van der Waals surface area contributed by atoms with Crippen LogP contribution in [0, 0.1) is 18.8 Å². The van der Waals surface area contributed by atoms with E-state index in [1.807, 2.05) is 25.7 Å². The van der Waals surface area contributed by atoms with Crippen LogP contribution in [0.4, 0.5) is 0 Å². The Labute approximate surface area is 143 Å². The molecule has 0 spiro atoms. The SMILES string of the molecule is CO[C@H]1C[C@@H]2CN(Cc3ccncc3)C[C@@H]2C[C@@H]1n1cc(C)cn1. The van der Waals surface area contributed by atoms with Crippen LogP contribution in [0.2, 0.25) is 0 Å². The van der Waals surface area contributed by atoms with Crippen LogP contribution in [0.3, 0.4) is 0 Å². The van der Waals surface area contributed by atoms with Crippen molar-refractivity contribution in [1.82, 2.24) is 19.7 Å². The molecular weight excluding hydrogens is 300 g/mol. The van der Waals surface area contributed by atoms with Gasteiger partial charge < -0.3 is 4.74 Å². The predicted octanol–water partition coefficient (Wildman–Crippen LogP) is 2.68. The minimum atomic E-state index is 0.270. The molecule has 1 saturated heterocycles. The van der Waals surface area contributed by atoms with E-state index in [9.17, 15) is 0 Å². The van der Waals surface area contributed by atoms with Crippen LogP contribution in [0.25, 0.3) is 0 Å². The van der Waals surface area contributed by atoms with Gasteiger partial charge in [0.05, 0.1) is 18.3 Å². The molecule has 1 saturated carbocycles. The highest BCUT2D eigenvalue weighted by atomic mass is 16.5. The molecule has 0 N–H and O–H groups in total. The van der Waals surface area contributed by atoms with Crippen molar-refractivity contribution in [2.75, 3.05) is 20.2 Å². The second-order valence-corrected chi connectivity index (χ2v) is 7.38.